The first-order valence-electron chi connectivity index (χ1n) is 7.52. The number of hydrogen-bond donors (Lipinski definition) is 3. The number of nitro benzene ring substituents is 1. The molecule has 10 nitrogen and oxygen atoms in total. The molecule has 0 unspecified atom stereocenters. The van der Waals surface area contributed by atoms with Gasteiger partial charge in [-0.3, -0.25) is 20.2 Å². The van der Waals surface area contributed by atoms with Gasteiger partial charge in [0.25, 0.3) is 11.6 Å². The fraction of sp³-hybridized carbons (Fsp3) is 0.400. The number of non-ortho nitro benzene ring substituents is 1. The molecule has 10 heteroatoms. The fourth-order valence-electron chi connectivity index (χ4n) is 1.77. The van der Waals surface area contributed by atoms with Crippen LogP contribution in [0.4, 0.5) is 16.2 Å². The Balaban J connectivity index is 2.67. The first-order chi connectivity index (χ1) is 11.8. The minimum atomic E-state index is -0.925. The number of rotatable bonds is 7. The maximum absolute atomic E-state index is 12.0. The Morgan fingerprint density at radius 2 is 2.00 bits per heavy atom. The third kappa shape index (κ3) is 6.09. The highest BCUT2D eigenvalue weighted by Gasteiger charge is 2.19. The number of imide groups is 1. The summed E-state index contributed by atoms with van der Waals surface area (Å²) in [7, 11) is 1.53. The van der Waals surface area contributed by atoms with E-state index in [4.69, 9.17) is 4.74 Å². The van der Waals surface area contributed by atoms with Crippen molar-refractivity contribution in [3.63, 3.8) is 0 Å². The lowest BCUT2D eigenvalue weighted by atomic mass is 10.1. The van der Waals surface area contributed by atoms with E-state index in [0.29, 0.717) is 12.1 Å². The molecule has 0 aromatic heterocycles. The molecule has 25 heavy (non-hydrogen) atoms. The van der Waals surface area contributed by atoms with Crippen LogP contribution in [0.15, 0.2) is 18.2 Å². The predicted octanol–water partition coefficient (Wildman–Crippen LogP) is 1.42. The molecule has 0 aliphatic heterocycles. The van der Waals surface area contributed by atoms with Gasteiger partial charge in [0.2, 0.25) is 0 Å². The zero-order valence-corrected chi connectivity index (χ0v) is 14.1. The summed E-state index contributed by atoms with van der Waals surface area (Å²) in [6.07, 6.45) is 0.691. The number of nitrogens with zero attached hydrogens (tertiary/aromatic N) is 1. The molecule has 0 saturated carbocycles. The lowest BCUT2D eigenvalue weighted by Crippen LogP contribution is -2.44. The lowest BCUT2D eigenvalue weighted by Gasteiger charge is -2.12. The Bertz CT molecular complexity index is 676. The van der Waals surface area contributed by atoms with Gasteiger partial charge in [0.15, 0.2) is 6.61 Å². The molecule has 0 heterocycles. The van der Waals surface area contributed by atoms with Crippen LogP contribution in [0.5, 0.6) is 0 Å². The van der Waals surface area contributed by atoms with Crippen molar-refractivity contribution in [2.24, 2.45) is 0 Å². The highest BCUT2D eigenvalue weighted by molar-refractivity contribution is 5.99. The summed E-state index contributed by atoms with van der Waals surface area (Å²) in [6, 6.07) is 2.82. The summed E-state index contributed by atoms with van der Waals surface area (Å²) in [5.74, 6) is -1.74. The van der Waals surface area contributed by atoms with E-state index in [1.165, 1.54) is 19.2 Å². The number of urea groups is 1. The molecule has 0 bridgehead atoms. The first kappa shape index (κ1) is 19.9. The van der Waals surface area contributed by atoms with Crippen molar-refractivity contribution in [3.8, 4) is 0 Å². The smallest absolute Gasteiger partial charge is 0.341 e. The number of hydrogen-bond acceptors (Lipinski definition) is 7. The van der Waals surface area contributed by atoms with E-state index in [1.54, 1.807) is 6.92 Å². The van der Waals surface area contributed by atoms with Crippen LogP contribution in [-0.2, 0) is 9.53 Å². The van der Waals surface area contributed by atoms with Gasteiger partial charge in [0.05, 0.1) is 10.5 Å². The summed E-state index contributed by atoms with van der Waals surface area (Å²) in [5.41, 5.74) is -0.0672. The molecule has 0 aliphatic carbocycles. The summed E-state index contributed by atoms with van der Waals surface area (Å²) in [6.45, 7) is 2.94. The maximum Gasteiger partial charge on any atom is 0.341 e. The van der Waals surface area contributed by atoms with E-state index in [1.807, 2.05) is 12.2 Å². The van der Waals surface area contributed by atoms with E-state index in [-0.39, 0.29) is 17.3 Å². The van der Waals surface area contributed by atoms with Crippen molar-refractivity contribution in [2.45, 2.75) is 26.3 Å². The molecule has 1 rings (SSSR count). The molecule has 1 atom stereocenters. The van der Waals surface area contributed by atoms with E-state index in [9.17, 15) is 24.5 Å². The third-order valence-corrected chi connectivity index (χ3v) is 3.28. The molecule has 136 valence electrons. The number of anilines is 1. The number of nitro groups is 1. The molecule has 0 radical (unpaired) electrons. The zero-order valence-electron chi connectivity index (χ0n) is 14.1. The van der Waals surface area contributed by atoms with Crippen LogP contribution < -0.4 is 16.0 Å². The second kappa shape index (κ2) is 9.21. The number of amides is 3. The van der Waals surface area contributed by atoms with Crippen molar-refractivity contribution in [1.82, 2.24) is 10.6 Å². The fourth-order valence-corrected chi connectivity index (χ4v) is 1.77. The van der Waals surface area contributed by atoms with Crippen LogP contribution in [0.1, 0.15) is 30.6 Å². The van der Waals surface area contributed by atoms with Gasteiger partial charge in [-0.2, -0.15) is 0 Å². The van der Waals surface area contributed by atoms with E-state index < -0.39 is 29.4 Å². The van der Waals surface area contributed by atoms with Crippen LogP contribution in [0.25, 0.3) is 0 Å². The Morgan fingerprint density at radius 3 is 2.56 bits per heavy atom. The standard InChI is InChI=1S/C15H20N4O6/c1-4-9(2)17-15(22)18-13(20)8-25-14(21)11-7-10(19(23)24)5-6-12(11)16-3/h5-7,9,16H,4,8H2,1-3H3,(H2,17,18,20,22)/t9-/m1/s1. The minimum Gasteiger partial charge on any atom is -0.452 e. The normalized spacial score (nSPS) is 11.2. The van der Waals surface area contributed by atoms with Crippen molar-refractivity contribution >= 4 is 29.3 Å². The summed E-state index contributed by atoms with van der Waals surface area (Å²) in [4.78, 5) is 45.3. The van der Waals surface area contributed by atoms with Gasteiger partial charge in [-0.05, 0) is 19.4 Å². The summed E-state index contributed by atoms with van der Waals surface area (Å²) in [5, 5.41) is 18.0. The molecule has 3 amide bonds. The largest absolute Gasteiger partial charge is 0.452 e. The van der Waals surface area contributed by atoms with Crippen LogP contribution in [0, 0.1) is 10.1 Å². The highest BCUT2D eigenvalue weighted by Crippen LogP contribution is 2.22. The molecule has 0 fully saturated rings. The van der Waals surface area contributed by atoms with Gasteiger partial charge in [0.1, 0.15) is 0 Å². The first-order valence-corrected chi connectivity index (χ1v) is 7.52. The Labute approximate surface area is 144 Å². The summed E-state index contributed by atoms with van der Waals surface area (Å²) >= 11 is 0. The van der Waals surface area contributed by atoms with Crippen molar-refractivity contribution in [1.29, 1.82) is 0 Å². The zero-order chi connectivity index (χ0) is 19.0. The molecule has 1 aromatic carbocycles. The second-order valence-electron chi connectivity index (χ2n) is 5.14. The monoisotopic (exact) mass is 352 g/mol. The van der Waals surface area contributed by atoms with Crippen LogP contribution >= 0.6 is 0 Å². The number of carbonyl (C=O) groups is 3. The molecule has 0 aliphatic rings. The topological polar surface area (TPSA) is 140 Å². The van der Waals surface area contributed by atoms with E-state index >= 15 is 0 Å². The van der Waals surface area contributed by atoms with Crippen LogP contribution in [-0.4, -0.2) is 42.5 Å². The molecule has 0 saturated heterocycles. The predicted molar refractivity (Wildman–Crippen MR) is 89.4 cm³/mol. The molecular weight excluding hydrogens is 332 g/mol. The van der Waals surface area contributed by atoms with Gasteiger partial charge >= 0.3 is 12.0 Å². The van der Waals surface area contributed by atoms with E-state index in [2.05, 4.69) is 10.6 Å². The van der Waals surface area contributed by atoms with Crippen LogP contribution in [0.2, 0.25) is 0 Å². The van der Waals surface area contributed by atoms with Gasteiger partial charge in [-0.15, -0.1) is 0 Å². The molecule has 0 spiro atoms. The van der Waals surface area contributed by atoms with Gasteiger partial charge < -0.3 is 15.4 Å². The third-order valence-electron chi connectivity index (χ3n) is 3.28. The average molecular weight is 352 g/mol. The molecule has 1 aromatic rings. The SMILES string of the molecule is CC[C@@H](C)NC(=O)NC(=O)COC(=O)c1cc([N+](=O)[O-])ccc1NC. The quantitative estimate of drug-likeness (QED) is 0.383. The number of carbonyl (C=O) groups excluding carboxylic acids is 3. The number of esters is 1. The lowest BCUT2D eigenvalue weighted by molar-refractivity contribution is -0.384. The van der Waals surface area contributed by atoms with E-state index in [0.717, 1.165) is 6.07 Å². The number of benzene rings is 1. The average Bonchev–Trinajstić information content (AvgIpc) is 2.58. The Hall–Kier alpha value is -3.17. The van der Waals surface area contributed by atoms with Crippen molar-refractivity contribution in [2.75, 3.05) is 19.0 Å². The van der Waals surface area contributed by atoms with Gasteiger partial charge in [-0.25, -0.2) is 9.59 Å². The minimum absolute atomic E-state index is 0.0893. The molecule has 3 N–H and O–H groups in total. The van der Waals surface area contributed by atoms with Gasteiger partial charge in [-0.1, -0.05) is 6.92 Å². The molecular formula is C15H20N4O6. The second-order valence-corrected chi connectivity index (χ2v) is 5.14. The Morgan fingerprint density at radius 1 is 1.32 bits per heavy atom. The maximum atomic E-state index is 12.0. The van der Waals surface area contributed by atoms with Gasteiger partial charge in [0, 0.05) is 30.9 Å². The highest BCUT2D eigenvalue weighted by atomic mass is 16.6. The van der Waals surface area contributed by atoms with Crippen LogP contribution in [0.3, 0.4) is 0 Å². The number of nitrogens with one attached hydrogen (secondary N) is 3. The number of ether oxygens (including phenoxy) is 1. The summed E-state index contributed by atoms with van der Waals surface area (Å²) < 4.78 is 4.81. The van der Waals surface area contributed by atoms with Crippen molar-refractivity contribution in [3.05, 3.63) is 33.9 Å². The Kier molecular flexibility index (Phi) is 7.32. The van der Waals surface area contributed by atoms with Crippen molar-refractivity contribution < 1.29 is 24.0 Å².